The molecule has 1 N–H and O–H groups in total. The second-order valence-electron chi connectivity index (χ2n) is 9.13. The fraction of sp³-hybridized carbons (Fsp3) is 0.393. The SMILES string of the molecule is CCc1cc(N2CCN(CC)CC2)nc(SCc2cccc(C(=O)NCc3ccc4c(c3)OCO4)c2)n1. The summed E-state index contributed by atoms with van der Waals surface area (Å²) >= 11 is 1.61. The van der Waals surface area contributed by atoms with Gasteiger partial charge in [-0.15, -0.1) is 0 Å². The molecule has 9 heteroatoms. The molecule has 0 radical (unpaired) electrons. The number of ether oxygens (including phenoxy) is 2. The van der Waals surface area contributed by atoms with Crippen LogP contribution in [0.1, 0.15) is 41.0 Å². The van der Waals surface area contributed by atoms with E-state index in [0.29, 0.717) is 23.6 Å². The lowest BCUT2D eigenvalue weighted by Gasteiger charge is -2.34. The van der Waals surface area contributed by atoms with E-state index in [1.54, 1.807) is 11.8 Å². The Balaban J connectivity index is 1.20. The van der Waals surface area contributed by atoms with Crippen LogP contribution in [-0.4, -0.2) is 60.3 Å². The lowest BCUT2D eigenvalue weighted by molar-refractivity contribution is 0.0950. The third-order valence-electron chi connectivity index (χ3n) is 6.70. The van der Waals surface area contributed by atoms with Crippen molar-refractivity contribution in [2.75, 3.05) is 44.4 Å². The van der Waals surface area contributed by atoms with Crippen LogP contribution in [0.3, 0.4) is 0 Å². The molecule has 3 aromatic rings. The number of nitrogens with one attached hydrogen (secondary N) is 1. The van der Waals surface area contributed by atoms with Crippen LogP contribution < -0.4 is 19.7 Å². The maximum Gasteiger partial charge on any atom is 0.251 e. The summed E-state index contributed by atoms with van der Waals surface area (Å²) in [4.78, 5) is 27.3. The van der Waals surface area contributed by atoms with Crippen LogP contribution in [0.5, 0.6) is 11.5 Å². The van der Waals surface area contributed by atoms with Crippen LogP contribution in [0.25, 0.3) is 0 Å². The zero-order chi connectivity index (χ0) is 25.6. The lowest BCUT2D eigenvalue weighted by Crippen LogP contribution is -2.46. The van der Waals surface area contributed by atoms with E-state index in [-0.39, 0.29) is 12.7 Å². The van der Waals surface area contributed by atoms with Gasteiger partial charge in [0, 0.05) is 55.8 Å². The Hall–Kier alpha value is -3.30. The second-order valence-corrected chi connectivity index (χ2v) is 10.1. The minimum absolute atomic E-state index is 0.109. The highest BCUT2D eigenvalue weighted by Gasteiger charge is 2.19. The predicted octanol–water partition coefficient (Wildman–Crippen LogP) is 4.13. The van der Waals surface area contributed by atoms with Gasteiger partial charge in [-0.05, 0) is 48.4 Å². The van der Waals surface area contributed by atoms with E-state index >= 15 is 0 Å². The summed E-state index contributed by atoms with van der Waals surface area (Å²) in [6.45, 7) is 10.2. The van der Waals surface area contributed by atoms with Crippen molar-refractivity contribution in [1.82, 2.24) is 20.2 Å². The van der Waals surface area contributed by atoms with Crippen molar-refractivity contribution in [1.29, 1.82) is 0 Å². The first kappa shape index (κ1) is 25.4. The third-order valence-corrected chi connectivity index (χ3v) is 7.62. The molecule has 5 rings (SSSR count). The number of thioether (sulfide) groups is 1. The van der Waals surface area contributed by atoms with Gasteiger partial charge in [-0.3, -0.25) is 4.79 Å². The molecule has 1 fully saturated rings. The van der Waals surface area contributed by atoms with Gasteiger partial charge in [-0.2, -0.15) is 0 Å². The molecular weight excluding hydrogens is 486 g/mol. The molecule has 1 saturated heterocycles. The molecule has 37 heavy (non-hydrogen) atoms. The molecule has 0 spiro atoms. The highest BCUT2D eigenvalue weighted by atomic mass is 32.2. The Labute approximate surface area is 222 Å². The van der Waals surface area contributed by atoms with Gasteiger partial charge < -0.3 is 24.6 Å². The van der Waals surface area contributed by atoms with E-state index in [4.69, 9.17) is 19.4 Å². The molecule has 0 saturated carbocycles. The number of carbonyl (C=O) groups excluding carboxylic acids is 1. The minimum atomic E-state index is -0.109. The molecule has 0 unspecified atom stereocenters. The molecule has 1 amide bonds. The highest BCUT2D eigenvalue weighted by Crippen LogP contribution is 2.32. The Morgan fingerprint density at radius 3 is 2.62 bits per heavy atom. The number of anilines is 1. The molecule has 3 heterocycles. The maximum atomic E-state index is 12.8. The average molecular weight is 520 g/mol. The fourth-order valence-corrected chi connectivity index (χ4v) is 5.26. The largest absolute Gasteiger partial charge is 0.454 e. The maximum absolute atomic E-state index is 12.8. The summed E-state index contributed by atoms with van der Waals surface area (Å²) < 4.78 is 10.8. The Morgan fingerprint density at radius 2 is 1.81 bits per heavy atom. The predicted molar refractivity (Wildman–Crippen MR) is 145 cm³/mol. The quantitative estimate of drug-likeness (QED) is 0.334. The van der Waals surface area contributed by atoms with Gasteiger partial charge in [0.05, 0.1) is 0 Å². The number of likely N-dealkylation sites (N-methyl/N-ethyl adjacent to an activating group) is 1. The van der Waals surface area contributed by atoms with Gasteiger partial charge >= 0.3 is 0 Å². The number of hydrogen-bond acceptors (Lipinski definition) is 8. The molecular formula is C28H33N5O3S. The van der Waals surface area contributed by atoms with E-state index in [1.165, 1.54) is 0 Å². The van der Waals surface area contributed by atoms with E-state index in [0.717, 1.165) is 72.7 Å². The summed E-state index contributed by atoms with van der Waals surface area (Å²) in [6, 6.07) is 15.6. The molecule has 0 atom stereocenters. The first-order valence-electron chi connectivity index (χ1n) is 12.8. The summed E-state index contributed by atoms with van der Waals surface area (Å²) in [7, 11) is 0. The number of rotatable bonds is 9. The number of benzene rings is 2. The van der Waals surface area contributed by atoms with Crippen LogP contribution in [0.15, 0.2) is 53.7 Å². The Kier molecular flexibility index (Phi) is 8.11. The van der Waals surface area contributed by atoms with Crippen LogP contribution in [-0.2, 0) is 18.7 Å². The number of carbonyl (C=O) groups is 1. The van der Waals surface area contributed by atoms with Crippen LogP contribution in [0.2, 0.25) is 0 Å². The minimum Gasteiger partial charge on any atom is -0.454 e. The number of aryl methyl sites for hydroxylation is 1. The first-order chi connectivity index (χ1) is 18.1. The van der Waals surface area contributed by atoms with Crippen molar-refractivity contribution in [2.45, 2.75) is 37.7 Å². The van der Waals surface area contributed by atoms with Gasteiger partial charge in [0.1, 0.15) is 5.82 Å². The van der Waals surface area contributed by atoms with Gasteiger partial charge in [-0.25, -0.2) is 9.97 Å². The summed E-state index contributed by atoms with van der Waals surface area (Å²) in [5, 5.41) is 3.78. The molecule has 8 nitrogen and oxygen atoms in total. The topological polar surface area (TPSA) is 79.8 Å². The first-order valence-corrected chi connectivity index (χ1v) is 13.8. The second kappa shape index (κ2) is 11.8. The van der Waals surface area contributed by atoms with Gasteiger partial charge in [-0.1, -0.05) is 43.8 Å². The zero-order valence-electron chi connectivity index (χ0n) is 21.4. The molecule has 2 aliphatic heterocycles. The fourth-order valence-electron chi connectivity index (χ4n) is 4.45. The molecule has 2 aromatic carbocycles. The van der Waals surface area contributed by atoms with Crippen molar-refractivity contribution in [2.24, 2.45) is 0 Å². The number of hydrogen-bond donors (Lipinski definition) is 1. The van der Waals surface area contributed by atoms with E-state index in [2.05, 4.69) is 35.0 Å². The lowest BCUT2D eigenvalue weighted by atomic mass is 10.1. The summed E-state index contributed by atoms with van der Waals surface area (Å²) in [5.41, 5.74) is 3.71. The number of nitrogens with zero attached hydrogens (tertiary/aromatic N) is 4. The van der Waals surface area contributed by atoms with E-state index < -0.39 is 0 Å². The Morgan fingerprint density at radius 1 is 0.973 bits per heavy atom. The van der Waals surface area contributed by atoms with Crippen molar-refractivity contribution in [3.8, 4) is 11.5 Å². The standard InChI is InChI=1S/C28H33N5O3S/c1-3-23-16-26(33-12-10-32(4-2)11-13-33)31-28(30-23)37-18-21-6-5-7-22(14-21)27(34)29-17-20-8-9-24-25(15-20)36-19-35-24/h5-9,14-16H,3-4,10-13,17-19H2,1-2H3,(H,29,34). The molecule has 194 valence electrons. The van der Waals surface area contributed by atoms with Crippen molar-refractivity contribution >= 4 is 23.5 Å². The molecule has 0 aliphatic carbocycles. The summed E-state index contributed by atoms with van der Waals surface area (Å²) in [6.07, 6.45) is 0.872. The number of piperazine rings is 1. The number of fused-ring (bicyclic) bond motifs is 1. The average Bonchev–Trinajstić information content (AvgIpc) is 3.43. The van der Waals surface area contributed by atoms with E-state index in [1.807, 2.05) is 42.5 Å². The van der Waals surface area contributed by atoms with Gasteiger partial charge in [0.25, 0.3) is 5.91 Å². The number of aromatic nitrogens is 2. The van der Waals surface area contributed by atoms with Crippen LogP contribution in [0, 0.1) is 0 Å². The Bertz CT molecular complexity index is 1250. The third kappa shape index (κ3) is 6.34. The van der Waals surface area contributed by atoms with Gasteiger partial charge in [0.2, 0.25) is 6.79 Å². The highest BCUT2D eigenvalue weighted by molar-refractivity contribution is 7.98. The zero-order valence-corrected chi connectivity index (χ0v) is 22.2. The molecule has 0 bridgehead atoms. The van der Waals surface area contributed by atoms with Crippen LogP contribution in [0.4, 0.5) is 5.82 Å². The normalized spacial score (nSPS) is 15.1. The smallest absolute Gasteiger partial charge is 0.251 e. The molecule has 1 aromatic heterocycles. The van der Waals surface area contributed by atoms with Crippen molar-refractivity contribution < 1.29 is 14.3 Å². The van der Waals surface area contributed by atoms with E-state index in [9.17, 15) is 4.79 Å². The van der Waals surface area contributed by atoms with Gasteiger partial charge in [0.15, 0.2) is 16.7 Å². The summed E-state index contributed by atoms with van der Waals surface area (Å²) in [5.74, 6) is 3.05. The number of amides is 1. The monoisotopic (exact) mass is 519 g/mol. The van der Waals surface area contributed by atoms with Crippen molar-refractivity contribution in [3.05, 3.63) is 70.9 Å². The van der Waals surface area contributed by atoms with Crippen LogP contribution >= 0.6 is 11.8 Å². The molecule has 2 aliphatic rings. The van der Waals surface area contributed by atoms with Crippen molar-refractivity contribution in [3.63, 3.8) is 0 Å².